The van der Waals surface area contributed by atoms with Gasteiger partial charge in [0.15, 0.2) is 10.4 Å². The molecule has 2 atom stereocenters. The Bertz CT molecular complexity index is 1150. The summed E-state index contributed by atoms with van der Waals surface area (Å²) in [6.07, 6.45) is 4.46. The van der Waals surface area contributed by atoms with Crippen LogP contribution in [0.5, 0.6) is 0 Å². The summed E-state index contributed by atoms with van der Waals surface area (Å²) < 4.78 is 2.44. The van der Waals surface area contributed by atoms with Crippen molar-refractivity contribution >= 4 is 39.3 Å². The van der Waals surface area contributed by atoms with Crippen molar-refractivity contribution in [2.45, 2.75) is 52.3 Å². The average Bonchev–Trinajstić information content (AvgIpc) is 3.27. The van der Waals surface area contributed by atoms with Crippen molar-refractivity contribution in [3.8, 4) is 0 Å². The molecule has 3 heterocycles. The van der Waals surface area contributed by atoms with Crippen LogP contribution in [0.3, 0.4) is 0 Å². The fourth-order valence-electron chi connectivity index (χ4n) is 4.25. The third kappa shape index (κ3) is 4.09. The van der Waals surface area contributed by atoms with E-state index in [1.165, 1.54) is 0 Å². The summed E-state index contributed by atoms with van der Waals surface area (Å²) in [5, 5.41) is 14.7. The second-order valence-electron chi connectivity index (χ2n) is 8.29. The number of amidine groups is 1. The van der Waals surface area contributed by atoms with E-state index in [0.29, 0.717) is 21.9 Å². The number of fused-ring (bicyclic) bond motifs is 1. The Morgan fingerprint density at radius 3 is 2.59 bits per heavy atom. The van der Waals surface area contributed by atoms with Crippen LogP contribution in [0.25, 0.3) is 0 Å². The van der Waals surface area contributed by atoms with Crippen molar-refractivity contribution in [3.05, 3.63) is 74.4 Å². The second-order valence-corrected chi connectivity index (χ2v) is 9.43. The normalized spacial score (nSPS) is 18.7. The lowest BCUT2D eigenvalue weighted by atomic mass is 9.86. The first-order chi connectivity index (χ1) is 15.2. The SMILES string of the molecule is CC1=CC(CC(c2ccc(Cl)cc2)c2c(C(=O)O)nc(Br)n2C(C)C)=CN2C(C)=NOC12. The highest BCUT2D eigenvalue weighted by Crippen LogP contribution is 2.39. The first kappa shape index (κ1) is 22.6. The van der Waals surface area contributed by atoms with E-state index in [2.05, 4.69) is 32.1 Å². The fraction of sp³-hybridized carbons (Fsp3) is 0.348. The molecule has 0 saturated carbocycles. The van der Waals surface area contributed by atoms with E-state index in [1.807, 2.05) is 67.6 Å². The molecule has 4 rings (SSSR count). The van der Waals surface area contributed by atoms with Gasteiger partial charge in [-0.15, -0.1) is 0 Å². The van der Waals surface area contributed by atoms with Gasteiger partial charge in [0.05, 0.1) is 5.69 Å². The van der Waals surface area contributed by atoms with Gasteiger partial charge >= 0.3 is 5.97 Å². The number of nitrogens with zero attached hydrogens (tertiary/aromatic N) is 4. The molecule has 0 amide bonds. The molecule has 1 N–H and O–H groups in total. The largest absolute Gasteiger partial charge is 0.476 e. The molecule has 1 aromatic carbocycles. The zero-order valence-corrected chi connectivity index (χ0v) is 20.6. The van der Waals surface area contributed by atoms with Crippen molar-refractivity contribution in [3.63, 3.8) is 0 Å². The molecule has 0 spiro atoms. The van der Waals surface area contributed by atoms with Gasteiger partial charge in [-0.3, -0.25) is 4.90 Å². The number of hydrogen-bond acceptors (Lipinski definition) is 5. The van der Waals surface area contributed by atoms with Crippen molar-refractivity contribution < 1.29 is 14.7 Å². The van der Waals surface area contributed by atoms with Gasteiger partial charge in [0, 0.05) is 23.2 Å². The molecule has 0 bridgehead atoms. The van der Waals surface area contributed by atoms with Gasteiger partial charge in [-0.1, -0.05) is 35.0 Å². The molecule has 0 fully saturated rings. The molecule has 7 nitrogen and oxygen atoms in total. The lowest BCUT2D eigenvalue weighted by Gasteiger charge is -2.29. The number of allylic oxidation sites excluding steroid dienone is 2. The molecule has 2 aliphatic rings. The van der Waals surface area contributed by atoms with Gasteiger partial charge in [0.2, 0.25) is 6.23 Å². The average molecular weight is 520 g/mol. The van der Waals surface area contributed by atoms with Crippen LogP contribution in [-0.4, -0.2) is 37.6 Å². The van der Waals surface area contributed by atoms with Gasteiger partial charge < -0.3 is 14.5 Å². The number of benzene rings is 1. The Morgan fingerprint density at radius 2 is 1.97 bits per heavy atom. The van der Waals surface area contributed by atoms with E-state index in [9.17, 15) is 9.90 Å². The Labute approximate surface area is 200 Å². The van der Waals surface area contributed by atoms with E-state index in [4.69, 9.17) is 16.4 Å². The summed E-state index contributed by atoms with van der Waals surface area (Å²) in [7, 11) is 0. The van der Waals surface area contributed by atoms with Gasteiger partial charge in [-0.25, -0.2) is 9.78 Å². The minimum absolute atomic E-state index is 0.0122. The van der Waals surface area contributed by atoms with Crippen LogP contribution < -0.4 is 0 Å². The molecular formula is C23H24BrClN4O3. The number of hydrogen-bond donors (Lipinski definition) is 1. The Hall–Kier alpha value is -2.58. The molecule has 168 valence electrons. The van der Waals surface area contributed by atoms with E-state index < -0.39 is 5.97 Å². The highest BCUT2D eigenvalue weighted by molar-refractivity contribution is 9.10. The zero-order chi connectivity index (χ0) is 23.2. The number of rotatable bonds is 6. The number of aromatic nitrogens is 2. The molecular weight excluding hydrogens is 496 g/mol. The van der Waals surface area contributed by atoms with Crippen molar-refractivity contribution in [2.75, 3.05) is 0 Å². The molecule has 1 aromatic heterocycles. The first-order valence-electron chi connectivity index (χ1n) is 10.3. The molecule has 0 radical (unpaired) electrons. The van der Waals surface area contributed by atoms with Crippen LogP contribution in [-0.2, 0) is 4.84 Å². The van der Waals surface area contributed by atoms with Crippen LogP contribution in [0.15, 0.2) is 57.6 Å². The first-order valence-corrected chi connectivity index (χ1v) is 11.5. The number of aromatic carboxylic acids is 1. The maximum Gasteiger partial charge on any atom is 0.356 e. The monoisotopic (exact) mass is 518 g/mol. The minimum atomic E-state index is -1.06. The number of halogens is 2. The minimum Gasteiger partial charge on any atom is -0.476 e. The zero-order valence-electron chi connectivity index (χ0n) is 18.2. The second kappa shape index (κ2) is 8.75. The summed E-state index contributed by atoms with van der Waals surface area (Å²) in [5.74, 6) is -0.532. The maximum atomic E-state index is 12.2. The van der Waals surface area contributed by atoms with E-state index in [1.54, 1.807) is 0 Å². The highest BCUT2D eigenvalue weighted by atomic mass is 79.9. The van der Waals surface area contributed by atoms with Gasteiger partial charge in [0.25, 0.3) is 0 Å². The number of carbonyl (C=O) groups is 1. The number of imidazole rings is 1. The molecule has 0 saturated heterocycles. The lowest BCUT2D eigenvalue weighted by Crippen LogP contribution is -2.33. The summed E-state index contributed by atoms with van der Waals surface area (Å²) in [5.41, 5.74) is 3.74. The summed E-state index contributed by atoms with van der Waals surface area (Å²) >= 11 is 9.61. The smallest absolute Gasteiger partial charge is 0.356 e. The van der Waals surface area contributed by atoms with Crippen LogP contribution in [0.1, 0.15) is 67.8 Å². The number of carboxylic acids is 1. The quantitative estimate of drug-likeness (QED) is 0.511. The summed E-state index contributed by atoms with van der Waals surface area (Å²) in [6.45, 7) is 7.93. The third-order valence-corrected chi connectivity index (χ3v) is 6.50. The Balaban J connectivity index is 1.85. The summed E-state index contributed by atoms with van der Waals surface area (Å²) in [6, 6.07) is 7.55. The van der Waals surface area contributed by atoms with Gasteiger partial charge in [-0.05, 0) is 78.9 Å². The van der Waals surface area contributed by atoms with E-state index in [-0.39, 0.29) is 23.9 Å². The van der Waals surface area contributed by atoms with E-state index in [0.717, 1.165) is 22.5 Å². The summed E-state index contributed by atoms with van der Waals surface area (Å²) in [4.78, 5) is 24.0. The standard InChI is InChI=1S/C23H24BrClN4O3/c1-12(2)29-20(19(22(30)31)26-23(29)24)18(16-5-7-17(25)8-6-16)10-15-9-13(3)21-28(11-15)14(4)27-32-21/h5-9,11-12,18,21H,10H2,1-4H3,(H,30,31). The molecule has 2 aromatic rings. The fourth-order valence-corrected chi connectivity index (χ4v) is 5.15. The molecule has 32 heavy (non-hydrogen) atoms. The molecule has 2 aliphatic heterocycles. The predicted molar refractivity (Wildman–Crippen MR) is 127 cm³/mol. The topological polar surface area (TPSA) is 80.0 Å². The van der Waals surface area contributed by atoms with Crippen LogP contribution >= 0.6 is 27.5 Å². The van der Waals surface area contributed by atoms with Crippen LogP contribution in [0.4, 0.5) is 0 Å². The van der Waals surface area contributed by atoms with E-state index >= 15 is 0 Å². The Morgan fingerprint density at radius 1 is 1.28 bits per heavy atom. The maximum absolute atomic E-state index is 12.2. The van der Waals surface area contributed by atoms with Gasteiger partial charge in [0.1, 0.15) is 5.84 Å². The van der Waals surface area contributed by atoms with Crippen molar-refractivity contribution in [1.82, 2.24) is 14.5 Å². The number of oxime groups is 1. The molecule has 0 aliphatic carbocycles. The van der Waals surface area contributed by atoms with Crippen LogP contribution in [0, 0.1) is 0 Å². The van der Waals surface area contributed by atoms with Crippen LogP contribution in [0.2, 0.25) is 5.02 Å². The predicted octanol–water partition coefficient (Wildman–Crippen LogP) is 5.94. The lowest BCUT2D eigenvalue weighted by molar-refractivity contribution is 0.0540. The Kier molecular flexibility index (Phi) is 6.18. The third-order valence-electron chi connectivity index (χ3n) is 5.68. The van der Waals surface area contributed by atoms with Crippen molar-refractivity contribution in [2.24, 2.45) is 5.16 Å². The van der Waals surface area contributed by atoms with Crippen molar-refractivity contribution in [1.29, 1.82) is 0 Å². The highest BCUT2D eigenvalue weighted by Gasteiger charge is 2.34. The number of carboxylic acid groups (broad SMARTS) is 1. The van der Waals surface area contributed by atoms with Gasteiger partial charge in [-0.2, -0.15) is 0 Å². The molecule has 2 unspecified atom stereocenters. The molecule has 9 heteroatoms.